The average molecular weight is 192 g/mol. The number of benzene rings is 1. The van der Waals surface area contributed by atoms with Gasteiger partial charge in [0.1, 0.15) is 5.82 Å². The predicted molar refractivity (Wildman–Crippen MR) is 53.8 cm³/mol. The van der Waals surface area contributed by atoms with Crippen LogP contribution in [-0.2, 0) is 6.42 Å². The first kappa shape index (κ1) is 8.24. The zero-order chi connectivity index (χ0) is 9.71. The number of halogens is 1. The Bertz CT molecular complexity index is 378. The molecule has 0 saturated carbocycles. The first-order valence-electron chi connectivity index (χ1n) is 5.04. The van der Waals surface area contributed by atoms with E-state index in [9.17, 15) is 4.39 Å². The average Bonchev–Trinajstić information content (AvgIpc) is 2.59. The van der Waals surface area contributed by atoms with Crippen LogP contribution in [0.1, 0.15) is 12.0 Å². The third kappa shape index (κ3) is 1.05. The second-order valence-corrected chi connectivity index (χ2v) is 4.28. The zero-order valence-corrected chi connectivity index (χ0v) is 7.91. The van der Waals surface area contributed by atoms with E-state index in [1.807, 2.05) is 6.07 Å². The van der Waals surface area contributed by atoms with Gasteiger partial charge < -0.3 is 10.6 Å². The Morgan fingerprint density at radius 1 is 1.43 bits per heavy atom. The van der Waals surface area contributed by atoms with Gasteiger partial charge in [0.2, 0.25) is 0 Å². The number of rotatable bonds is 0. The lowest BCUT2D eigenvalue weighted by molar-refractivity contribution is 0.623. The van der Waals surface area contributed by atoms with Crippen molar-refractivity contribution in [3.05, 3.63) is 29.6 Å². The van der Waals surface area contributed by atoms with Gasteiger partial charge in [0.15, 0.2) is 0 Å². The maximum absolute atomic E-state index is 13.0. The quantitative estimate of drug-likeness (QED) is 0.671. The fraction of sp³-hybridized carbons (Fsp3) is 0.455. The number of hydrogen-bond acceptors (Lipinski definition) is 2. The van der Waals surface area contributed by atoms with Crippen LogP contribution in [0.3, 0.4) is 0 Å². The van der Waals surface area contributed by atoms with Crippen molar-refractivity contribution in [2.75, 3.05) is 11.4 Å². The van der Waals surface area contributed by atoms with Gasteiger partial charge in [-0.1, -0.05) is 0 Å². The van der Waals surface area contributed by atoms with E-state index in [1.54, 1.807) is 6.07 Å². The lowest BCUT2D eigenvalue weighted by atomic mass is 10.1. The van der Waals surface area contributed by atoms with E-state index in [4.69, 9.17) is 5.73 Å². The molecule has 2 unspecified atom stereocenters. The van der Waals surface area contributed by atoms with Gasteiger partial charge in [-0.15, -0.1) is 0 Å². The molecule has 0 radical (unpaired) electrons. The van der Waals surface area contributed by atoms with Crippen molar-refractivity contribution >= 4 is 5.69 Å². The summed E-state index contributed by atoms with van der Waals surface area (Å²) in [4.78, 5) is 2.32. The topological polar surface area (TPSA) is 29.3 Å². The maximum Gasteiger partial charge on any atom is 0.123 e. The van der Waals surface area contributed by atoms with Gasteiger partial charge in [0.25, 0.3) is 0 Å². The van der Waals surface area contributed by atoms with Gasteiger partial charge in [-0.05, 0) is 36.6 Å². The first-order chi connectivity index (χ1) is 6.74. The standard InChI is InChI=1S/C11H13FN2/c12-8-1-2-11-7(3-8)4-10-5-9(13)6-14(10)11/h1-3,9-10H,4-6,13H2. The van der Waals surface area contributed by atoms with Gasteiger partial charge >= 0.3 is 0 Å². The summed E-state index contributed by atoms with van der Waals surface area (Å²) in [6.07, 6.45) is 2.00. The number of hydrogen-bond donors (Lipinski definition) is 1. The third-order valence-corrected chi connectivity index (χ3v) is 3.25. The van der Waals surface area contributed by atoms with Crippen LogP contribution in [0.5, 0.6) is 0 Å². The van der Waals surface area contributed by atoms with E-state index in [2.05, 4.69) is 4.90 Å². The minimum atomic E-state index is -0.130. The monoisotopic (exact) mass is 192 g/mol. The Morgan fingerprint density at radius 2 is 2.29 bits per heavy atom. The van der Waals surface area contributed by atoms with E-state index >= 15 is 0 Å². The first-order valence-corrected chi connectivity index (χ1v) is 5.04. The Kier molecular flexibility index (Phi) is 1.59. The third-order valence-electron chi connectivity index (χ3n) is 3.25. The van der Waals surface area contributed by atoms with E-state index in [-0.39, 0.29) is 5.82 Å². The molecule has 1 aromatic rings. The van der Waals surface area contributed by atoms with Gasteiger partial charge in [-0.25, -0.2) is 4.39 Å². The van der Waals surface area contributed by atoms with Crippen LogP contribution in [0, 0.1) is 5.82 Å². The molecular weight excluding hydrogens is 179 g/mol. The van der Waals surface area contributed by atoms with Crippen molar-refractivity contribution in [1.29, 1.82) is 0 Å². The van der Waals surface area contributed by atoms with Crippen LogP contribution >= 0.6 is 0 Å². The smallest absolute Gasteiger partial charge is 0.123 e. The minimum Gasteiger partial charge on any atom is -0.366 e. The largest absolute Gasteiger partial charge is 0.366 e. The molecule has 2 aliphatic rings. The molecule has 14 heavy (non-hydrogen) atoms. The van der Waals surface area contributed by atoms with Crippen molar-refractivity contribution in [2.24, 2.45) is 5.73 Å². The molecule has 1 saturated heterocycles. The van der Waals surface area contributed by atoms with Gasteiger partial charge in [0.05, 0.1) is 0 Å². The van der Waals surface area contributed by atoms with E-state index in [0.29, 0.717) is 12.1 Å². The van der Waals surface area contributed by atoms with E-state index in [0.717, 1.165) is 24.9 Å². The number of anilines is 1. The fourth-order valence-corrected chi connectivity index (χ4v) is 2.69. The van der Waals surface area contributed by atoms with Crippen molar-refractivity contribution < 1.29 is 4.39 Å². The van der Waals surface area contributed by atoms with Gasteiger partial charge in [-0.3, -0.25) is 0 Å². The van der Waals surface area contributed by atoms with Crippen molar-refractivity contribution in [1.82, 2.24) is 0 Å². The number of nitrogens with zero attached hydrogens (tertiary/aromatic N) is 1. The molecule has 3 heteroatoms. The highest BCUT2D eigenvalue weighted by Crippen LogP contribution is 2.37. The molecule has 0 amide bonds. The van der Waals surface area contributed by atoms with Crippen LogP contribution < -0.4 is 10.6 Å². The summed E-state index contributed by atoms with van der Waals surface area (Å²) in [6.45, 7) is 0.920. The van der Waals surface area contributed by atoms with Gasteiger partial charge in [-0.2, -0.15) is 0 Å². The summed E-state index contributed by atoms with van der Waals surface area (Å²) in [6, 6.07) is 5.87. The summed E-state index contributed by atoms with van der Waals surface area (Å²) in [5.74, 6) is -0.130. The molecule has 0 aliphatic carbocycles. The van der Waals surface area contributed by atoms with Crippen LogP contribution in [0.4, 0.5) is 10.1 Å². The molecule has 0 bridgehead atoms. The molecular formula is C11H13FN2. The van der Waals surface area contributed by atoms with Crippen molar-refractivity contribution in [3.63, 3.8) is 0 Å². The molecule has 0 aromatic heterocycles. The van der Waals surface area contributed by atoms with Gasteiger partial charge in [0, 0.05) is 24.3 Å². The molecule has 2 atom stereocenters. The lowest BCUT2D eigenvalue weighted by Crippen LogP contribution is -2.27. The van der Waals surface area contributed by atoms with E-state index in [1.165, 1.54) is 11.8 Å². The van der Waals surface area contributed by atoms with Crippen LogP contribution in [-0.4, -0.2) is 18.6 Å². The highest BCUT2D eigenvalue weighted by molar-refractivity contribution is 5.60. The normalized spacial score (nSPS) is 29.1. The highest BCUT2D eigenvalue weighted by Gasteiger charge is 2.36. The SMILES string of the molecule is NC1CC2Cc3cc(F)ccc3N2C1. The van der Waals surface area contributed by atoms with Crippen LogP contribution in [0.15, 0.2) is 18.2 Å². The molecule has 3 rings (SSSR count). The molecule has 0 spiro atoms. The molecule has 74 valence electrons. The van der Waals surface area contributed by atoms with Crippen molar-refractivity contribution in [3.8, 4) is 0 Å². The summed E-state index contributed by atoms with van der Waals surface area (Å²) in [5, 5.41) is 0. The summed E-state index contributed by atoms with van der Waals surface area (Å²) in [5.41, 5.74) is 8.22. The Hall–Kier alpha value is -1.09. The lowest BCUT2D eigenvalue weighted by Gasteiger charge is -2.18. The molecule has 1 aromatic carbocycles. The Balaban J connectivity index is 2.01. The van der Waals surface area contributed by atoms with Crippen molar-refractivity contribution in [2.45, 2.75) is 24.9 Å². The fourth-order valence-electron chi connectivity index (χ4n) is 2.69. The Labute approximate surface area is 82.5 Å². The zero-order valence-electron chi connectivity index (χ0n) is 7.91. The molecule has 2 heterocycles. The molecule has 1 fully saturated rings. The van der Waals surface area contributed by atoms with Crippen LogP contribution in [0.2, 0.25) is 0 Å². The summed E-state index contributed by atoms with van der Waals surface area (Å²) < 4.78 is 13.0. The highest BCUT2D eigenvalue weighted by atomic mass is 19.1. The summed E-state index contributed by atoms with van der Waals surface area (Å²) >= 11 is 0. The number of fused-ring (bicyclic) bond motifs is 3. The molecule has 2 N–H and O–H groups in total. The summed E-state index contributed by atoms with van der Waals surface area (Å²) in [7, 11) is 0. The minimum absolute atomic E-state index is 0.130. The second kappa shape index (κ2) is 2.70. The second-order valence-electron chi connectivity index (χ2n) is 4.28. The Morgan fingerprint density at radius 3 is 3.14 bits per heavy atom. The number of nitrogens with two attached hydrogens (primary N) is 1. The van der Waals surface area contributed by atoms with Crippen LogP contribution in [0.25, 0.3) is 0 Å². The van der Waals surface area contributed by atoms with E-state index < -0.39 is 0 Å². The predicted octanol–water partition coefficient (Wildman–Crippen LogP) is 1.29. The maximum atomic E-state index is 13.0. The molecule has 2 aliphatic heterocycles. The molecule has 2 nitrogen and oxygen atoms in total.